The number of hydrogen-bond acceptors (Lipinski definition) is 1. The Bertz CT molecular complexity index is 3430. The van der Waals surface area contributed by atoms with Crippen LogP contribution in [0.4, 0.5) is 17.1 Å². The van der Waals surface area contributed by atoms with Crippen LogP contribution in [0.25, 0.3) is 66.1 Å². The van der Waals surface area contributed by atoms with Gasteiger partial charge >= 0.3 is 0 Å². The maximum absolute atomic E-state index is 2.49. The van der Waals surface area contributed by atoms with Crippen molar-refractivity contribution in [2.45, 2.75) is 5.41 Å². The average Bonchev–Trinajstić information content (AvgIpc) is 3.68. The van der Waals surface area contributed by atoms with E-state index in [4.69, 9.17) is 0 Å². The van der Waals surface area contributed by atoms with Gasteiger partial charge in [-0.05, 0) is 119 Å². The molecule has 0 spiro atoms. The zero-order chi connectivity index (χ0) is 42.5. The van der Waals surface area contributed by atoms with Gasteiger partial charge in [-0.15, -0.1) is 0 Å². The van der Waals surface area contributed by atoms with E-state index in [1.54, 1.807) is 0 Å². The van der Waals surface area contributed by atoms with Crippen LogP contribution in [0.5, 0.6) is 0 Å². The number of rotatable bonds is 8. The van der Waals surface area contributed by atoms with E-state index in [1.807, 2.05) is 0 Å². The van der Waals surface area contributed by atoms with Gasteiger partial charge < -0.3 is 4.90 Å². The molecule has 0 aromatic heterocycles. The molecule has 1 aliphatic rings. The lowest BCUT2D eigenvalue weighted by molar-refractivity contribution is 0.768. The first-order valence-corrected chi connectivity index (χ1v) is 22.2. The van der Waals surface area contributed by atoms with Crippen molar-refractivity contribution in [3.05, 3.63) is 283 Å². The Morgan fingerprint density at radius 2 is 0.766 bits per heavy atom. The number of hydrogen-bond donors (Lipinski definition) is 0. The molecule has 0 N–H and O–H groups in total. The summed E-state index contributed by atoms with van der Waals surface area (Å²) in [5, 5.41) is 5.00. The van der Waals surface area contributed by atoms with E-state index in [0.29, 0.717) is 0 Å². The minimum absolute atomic E-state index is 0.540. The van der Waals surface area contributed by atoms with E-state index in [1.165, 1.54) is 77.2 Å². The van der Waals surface area contributed by atoms with Gasteiger partial charge in [0.2, 0.25) is 0 Å². The third-order valence-corrected chi connectivity index (χ3v) is 13.3. The Morgan fingerprint density at radius 3 is 1.47 bits per heavy atom. The van der Waals surface area contributed by atoms with Crippen molar-refractivity contribution in [3.8, 4) is 44.5 Å². The molecule has 1 aliphatic carbocycles. The van der Waals surface area contributed by atoms with Gasteiger partial charge in [0, 0.05) is 16.9 Å². The van der Waals surface area contributed by atoms with Crippen LogP contribution in [0.1, 0.15) is 22.3 Å². The summed E-state index contributed by atoms with van der Waals surface area (Å²) in [7, 11) is 0. The summed E-state index contributed by atoms with van der Waals surface area (Å²) in [6.45, 7) is 0. The summed E-state index contributed by atoms with van der Waals surface area (Å²) in [4.78, 5) is 2.49. The van der Waals surface area contributed by atoms with Crippen molar-refractivity contribution in [2.24, 2.45) is 0 Å². The molecule has 0 saturated heterocycles. The summed E-state index contributed by atoms with van der Waals surface area (Å²) in [5.41, 5.74) is 17.4. The number of nitrogens with zero attached hydrogens (tertiary/aromatic N) is 1. The van der Waals surface area contributed by atoms with Crippen LogP contribution < -0.4 is 4.90 Å². The van der Waals surface area contributed by atoms with Crippen LogP contribution in [0.2, 0.25) is 0 Å². The molecule has 0 bridgehead atoms. The first-order chi connectivity index (χ1) is 31.8. The van der Waals surface area contributed by atoms with Gasteiger partial charge in [0.25, 0.3) is 0 Å². The lowest BCUT2D eigenvalue weighted by Gasteiger charge is -2.35. The Hall–Kier alpha value is -8.26. The fourth-order valence-electron chi connectivity index (χ4n) is 10.5. The van der Waals surface area contributed by atoms with Crippen molar-refractivity contribution in [2.75, 3.05) is 4.90 Å². The molecule has 11 aromatic carbocycles. The molecular weight excluding hydrogens is 771 g/mol. The van der Waals surface area contributed by atoms with Gasteiger partial charge in [0.05, 0.1) is 11.1 Å². The van der Waals surface area contributed by atoms with Crippen LogP contribution in [0, 0.1) is 0 Å². The highest BCUT2D eigenvalue weighted by molar-refractivity contribution is 6.14. The second-order valence-electron chi connectivity index (χ2n) is 16.8. The zero-order valence-corrected chi connectivity index (χ0v) is 35.3. The molecule has 0 radical (unpaired) electrons. The highest BCUT2D eigenvalue weighted by Gasteiger charge is 2.46. The summed E-state index contributed by atoms with van der Waals surface area (Å²) in [6, 6.07) is 96.0. The van der Waals surface area contributed by atoms with Crippen molar-refractivity contribution in [1.82, 2.24) is 0 Å². The maximum atomic E-state index is 2.49. The number of benzene rings is 11. The summed E-state index contributed by atoms with van der Waals surface area (Å²) >= 11 is 0. The predicted octanol–water partition coefficient (Wildman–Crippen LogP) is 16.8. The topological polar surface area (TPSA) is 3.24 Å². The van der Waals surface area contributed by atoms with E-state index in [2.05, 4.69) is 266 Å². The second kappa shape index (κ2) is 15.6. The normalized spacial score (nSPS) is 12.5. The molecule has 0 heterocycles. The third-order valence-electron chi connectivity index (χ3n) is 13.3. The summed E-state index contributed by atoms with van der Waals surface area (Å²) < 4.78 is 0. The van der Waals surface area contributed by atoms with Crippen molar-refractivity contribution in [1.29, 1.82) is 0 Å². The highest BCUT2D eigenvalue weighted by Crippen LogP contribution is 2.57. The summed E-state index contributed by atoms with van der Waals surface area (Å²) in [6.07, 6.45) is 0. The number of fused-ring (bicyclic) bond motifs is 6. The molecule has 0 atom stereocenters. The van der Waals surface area contributed by atoms with Gasteiger partial charge in [-0.25, -0.2) is 0 Å². The first kappa shape index (κ1) is 37.5. The highest BCUT2D eigenvalue weighted by atomic mass is 15.1. The van der Waals surface area contributed by atoms with Gasteiger partial charge in [0.1, 0.15) is 0 Å². The molecule has 11 aromatic rings. The minimum Gasteiger partial charge on any atom is -0.310 e. The van der Waals surface area contributed by atoms with Crippen LogP contribution in [-0.2, 0) is 5.41 Å². The van der Waals surface area contributed by atoms with E-state index in [-0.39, 0.29) is 0 Å². The van der Waals surface area contributed by atoms with Crippen LogP contribution >= 0.6 is 0 Å². The Morgan fingerprint density at radius 1 is 0.266 bits per heavy atom. The van der Waals surface area contributed by atoms with E-state index in [0.717, 1.165) is 28.2 Å². The van der Waals surface area contributed by atoms with E-state index < -0.39 is 5.41 Å². The van der Waals surface area contributed by atoms with Crippen molar-refractivity contribution >= 4 is 38.6 Å². The lowest BCUT2D eigenvalue weighted by atomic mass is 9.67. The second-order valence-corrected chi connectivity index (χ2v) is 16.8. The van der Waals surface area contributed by atoms with Gasteiger partial charge in [-0.3, -0.25) is 0 Å². The largest absolute Gasteiger partial charge is 0.310 e. The SMILES string of the molecule is c1ccc(-c2ccc(N(c3ccc4c(c3)C(c3ccccc3)(c3ccccc3)c3ccccc3-4)c3cc(-c4cc5ccccc5c5ccccc45)ccc3-c3ccccc3)cc2)cc1. The summed E-state index contributed by atoms with van der Waals surface area (Å²) in [5.74, 6) is 0. The number of anilines is 3. The maximum Gasteiger partial charge on any atom is 0.0714 e. The molecule has 0 aliphatic heterocycles. The Balaban J connectivity index is 1.15. The molecule has 1 nitrogen and oxygen atoms in total. The minimum atomic E-state index is -0.540. The van der Waals surface area contributed by atoms with E-state index in [9.17, 15) is 0 Å². The molecule has 64 heavy (non-hydrogen) atoms. The molecule has 0 fully saturated rings. The predicted molar refractivity (Wildman–Crippen MR) is 270 cm³/mol. The van der Waals surface area contributed by atoms with Gasteiger partial charge in [-0.1, -0.05) is 224 Å². The fraction of sp³-hybridized carbons (Fsp3) is 0.0159. The Labute approximate surface area is 374 Å². The standard InChI is InChI=1S/C63H43N/c1-5-19-44(20-6-1)45-33-36-51(37-34-45)64(52-38-40-58-57-31-17-18-32-60(57)63(61(58)43-52,49-24-9-3-10-25-49)50-26-11-4-12-27-50)62-42-48(35-39-54(62)46-21-7-2-8-22-46)59-41-47-23-13-14-28-53(47)55-29-15-16-30-56(55)59/h1-43H. The van der Waals surface area contributed by atoms with Crippen molar-refractivity contribution < 1.29 is 0 Å². The monoisotopic (exact) mass is 813 g/mol. The third kappa shape index (κ3) is 6.08. The van der Waals surface area contributed by atoms with E-state index >= 15 is 0 Å². The molecule has 12 rings (SSSR count). The quantitative estimate of drug-likeness (QED) is 0.138. The smallest absolute Gasteiger partial charge is 0.0714 e. The van der Waals surface area contributed by atoms with Crippen LogP contribution in [-0.4, -0.2) is 0 Å². The molecule has 300 valence electrons. The van der Waals surface area contributed by atoms with Crippen LogP contribution in [0.15, 0.2) is 261 Å². The molecule has 0 amide bonds. The lowest BCUT2D eigenvalue weighted by Crippen LogP contribution is -2.28. The molecule has 1 heteroatoms. The molecule has 0 unspecified atom stereocenters. The first-order valence-electron chi connectivity index (χ1n) is 22.2. The van der Waals surface area contributed by atoms with Gasteiger partial charge in [0.15, 0.2) is 0 Å². The molecule has 0 saturated carbocycles. The molecular formula is C63H43N. The van der Waals surface area contributed by atoms with Crippen molar-refractivity contribution in [3.63, 3.8) is 0 Å². The average molecular weight is 814 g/mol. The Kier molecular flexibility index (Phi) is 9.13. The zero-order valence-electron chi connectivity index (χ0n) is 35.3. The fourth-order valence-corrected chi connectivity index (χ4v) is 10.5. The van der Waals surface area contributed by atoms with Gasteiger partial charge in [-0.2, -0.15) is 0 Å². The van der Waals surface area contributed by atoms with Crippen LogP contribution in [0.3, 0.4) is 0 Å².